The van der Waals surface area contributed by atoms with E-state index in [1.54, 1.807) is 24.3 Å². The maximum absolute atomic E-state index is 14.1. The number of nitrogens with one attached hydrogen (secondary N) is 1. The molecule has 206 valence electrons. The van der Waals surface area contributed by atoms with Crippen LogP contribution in [0.5, 0.6) is 0 Å². The summed E-state index contributed by atoms with van der Waals surface area (Å²) < 4.78 is 26.7. The fourth-order valence-electron chi connectivity index (χ4n) is 4.95. The van der Waals surface area contributed by atoms with Gasteiger partial charge in [-0.25, -0.2) is 8.42 Å². The number of amides is 2. The van der Waals surface area contributed by atoms with Crippen molar-refractivity contribution in [1.82, 2.24) is 10.2 Å². The van der Waals surface area contributed by atoms with Gasteiger partial charge in [-0.1, -0.05) is 97.2 Å². The summed E-state index contributed by atoms with van der Waals surface area (Å²) >= 11 is 6.34. The van der Waals surface area contributed by atoms with E-state index in [2.05, 4.69) is 5.32 Å². The average Bonchev–Trinajstić information content (AvgIpc) is 3.43. The molecule has 39 heavy (non-hydrogen) atoms. The van der Waals surface area contributed by atoms with E-state index in [0.717, 1.165) is 47.4 Å². The summed E-state index contributed by atoms with van der Waals surface area (Å²) in [5, 5.41) is 3.37. The van der Waals surface area contributed by atoms with E-state index in [9.17, 15) is 18.0 Å². The lowest BCUT2D eigenvalue weighted by Gasteiger charge is -2.34. The predicted molar refractivity (Wildman–Crippen MR) is 155 cm³/mol. The van der Waals surface area contributed by atoms with Gasteiger partial charge >= 0.3 is 0 Å². The SMILES string of the molecule is CS(=O)(=O)N(CC(=O)N(Cc1ccccc1)[C@@H](Cc1ccccc1)C(=O)NC1CCCC1)c1ccccc1Cl. The van der Waals surface area contributed by atoms with E-state index in [1.807, 2.05) is 60.7 Å². The molecule has 0 aromatic heterocycles. The number of hydrogen-bond donors (Lipinski definition) is 1. The van der Waals surface area contributed by atoms with E-state index >= 15 is 0 Å². The van der Waals surface area contributed by atoms with Crippen molar-refractivity contribution in [2.75, 3.05) is 17.1 Å². The fourth-order valence-corrected chi connectivity index (χ4v) is 6.10. The first-order valence-electron chi connectivity index (χ1n) is 13.1. The molecule has 0 unspecified atom stereocenters. The van der Waals surface area contributed by atoms with Crippen molar-refractivity contribution in [3.05, 3.63) is 101 Å². The minimum atomic E-state index is -3.86. The molecule has 1 aliphatic rings. The lowest BCUT2D eigenvalue weighted by molar-refractivity contribution is -0.140. The molecule has 0 radical (unpaired) electrons. The van der Waals surface area contributed by atoms with Gasteiger partial charge in [0.15, 0.2) is 0 Å². The molecule has 0 bridgehead atoms. The summed E-state index contributed by atoms with van der Waals surface area (Å²) in [6.45, 7) is -0.340. The van der Waals surface area contributed by atoms with Gasteiger partial charge in [-0.15, -0.1) is 0 Å². The molecule has 2 amide bonds. The first-order chi connectivity index (χ1) is 18.7. The fraction of sp³-hybridized carbons (Fsp3) is 0.333. The third kappa shape index (κ3) is 7.83. The largest absolute Gasteiger partial charge is 0.352 e. The summed E-state index contributed by atoms with van der Waals surface area (Å²) in [6, 6.07) is 24.7. The smallest absolute Gasteiger partial charge is 0.244 e. The molecule has 0 heterocycles. The zero-order valence-corrected chi connectivity index (χ0v) is 23.6. The van der Waals surface area contributed by atoms with Gasteiger partial charge in [-0.05, 0) is 36.1 Å². The number of carbonyl (C=O) groups excluding carboxylic acids is 2. The highest BCUT2D eigenvalue weighted by atomic mass is 35.5. The summed E-state index contributed by atoms with van der Waals surface area (Å²) in [5.41, 5.74) is 1.95. The van der Waals surface area contributed by atoms with Crippen molar-refractivity contribution >= 4 is 39.1 Å². The van der Waals surface area contributed by atoms with Crippen LogP contribution in [0.1, 0.15) is 36.8 Å². The Bertz CT molecular complexity index is 1360. The van der Waals surface area contributed by atoms with Crippen molar-refractivity contribution in [1.29, 1.82) is 0 Å². The van der Waals surface area contributed by atoms with Crippen LogP contribution in [0.15, 0.2) is 84.9 Å². The van der Waals surface area contributed by atoms with Gasteiger partial charge in [0.05, 0.1) is 17.0 Å². The monoisotopic (exact) mass is 567 g/mol. The van der Waals surface area contributed by atoms with Gasteiger partial charge in [0.1, 0.15) is 12.6 Å². The lowest BCUT2D eigenvalue weighted by atomic mass is 10.0. The second-order valence-electron chi connectivity index (χ2n) is 9.92. The number of carbonyl (C=O) groups is 2. The third-order valence-corrected chi connectivity index (χ3v) is 8.41. The van der Waals surface area contributed by atoms with Gasteiger partial charge in [0.25, 0.3) is 0 Å². The zero-order chi connectivity index (χ0) is 27.8. The number of halogens is 1. The molecule has 0 aliphatic heterocycles. The number of sulfonamides is 1. The summed E-state index contributed by atoms with van der Waals surface area (Å²) in [4.78, 5) is 29.3. The Labute approximate surface area is 235 Å². The molecule has 3 aromatic carbocycles. The Morgan fingerprint density at radius 1 is 0.897 bits per heavy atom. The highest BCUT2D eigenvalue weighted by molar-refractivity contribution is 7.92. The van der Waals surface area contributed by atoms with Crippen LogP contribution >= 0.6 is 11.6 Å². The van der Waals surface area contributed by atoms with Crippen LogP contribution in [-0.4, -0.2) is 50.0 Å². The second-order valence-corrected chi connectivity index (χ2v) is 12.2. The van der Waals surface area contributed by atoms with Crippen LogP contribution in [0.2, 0.25) is 5.02 Å². The van der Waals surface area contributed by atoms with Crippen molar-refractivity contribution in [2.24, 2.45) is 0 Å². The lowest BCUT2D eigenvalue weighted by Crippen LogP contribution is -2.54. The zero-order valence-electron chi connectivity index (χ0n) is 22.0. The Kier molecular flexibility index (Phi) is 9.64. The van der Waals surface area contributed by atoms with Crippen LogP contribution in [-0.2, 0) is 32.6 Å². The molecule has 1 fully saturated rings. The van der Waals surface area contributed by atoms with Gasteiger partial charge in [-0.3, -0.25) is 13.9 Å². The third-order valence-electron chi connectivity index (χ3n) is 6.97. The van der Waals surface area contributed by atoms with Crippen LogP contribution in [0.25, 0.3) is 0 Å². The van der Waals surface area contributed by atoms with Crippen molar-refractivity contribution in [3.63, 3.8) is 0 Å². The molecule has 1 atom stereocenters. The summed E-state index contributed by atoms with van der Waals surface area (Å²) in [5.74, 6) is -0.731. The van der Waals surface area contributed by atoms with E-state index in [1.165, 1.54) is 4.90 Å². The standard InChI is InChI=1S/C30H34ClN3O4S/c1-39(37,38)34(27-19-11-10-18-26(27)31)22-29(35)33(21-24-14-6-3-7-15-24)28(20-23-12-4-2-5-13-23)30(36)32-25-16-8-9-17-25/h2-7,10-15,18-19,25,28H,8-9,16-17,20-22H2,1H3,(H,32,36)/t28-/m0/s1. The Hall–Kier alpha value is -3.36. The molecule has 9 heteroatoms. The molecule has 1 saturated carbocycles. The molecule has 4 rings (SSSR count). The predicted octanol–water partition coefficient (Wildman–Crippen LogP) is 4.80. The van der Waals surface area contributed by atoms with Crippen LogP contribution in [0.3, 0.4) is 0 Å². The molecule has 3 aromatic rings. The van der Waals surface area contributed by atoms with Crippen LogP contribution in [0, 0.1) is 0 Å². The van der Waals surface area contributed by atoms with Crippen LogP contribution in [0.4, 0.5) is 5.69 Å². The number of nitrogens with zero attached hydrogens (tertiary/aromatic N) is 2. The molecule has 0 saturated heterocycles. The molecule has 0 spiro atoms. The van der Waals surface area contributed by atoms with Crippen molar-refractivity contribution in [2.45, 2.75) is 50.7 Å². The first-order valence-corrected chi connectivity index (χ1v) is 15.3. The quantitative estimate of drug-likeness (QED) is 0.360. The molecular weight excluding hydrogens is 534 g/mol. The minimum Gasteiger partial charge on any atom is -0.352 e. The average molecular weight is 568 g/mol. The Morgan fingerprint density at radius 3 is 2.05 bits per heavy atom. The van der Waals surface area contributed by atoms with Crippen LogP contribution < -0.4 is 9.62 Å². The maximum Gasteiger partial charge on any atom is 0.244 e. The van der Waals surface area contributed by atoms with E-state index in [-0.39, 0.29) is 29.2 Å². The molecule has 7 nitrogen and oxygen atoms in total. The van der Waals surface area contributed by atoms with Gasteiger partial charge in [0, 0.05) is 19.0 Å². The molecule has 1 N–H and O–H groups in total. The summed E-state index contributed by atoms with van der Waals surface area (Å²) in [6.07, 6.45) is 5.27. The van der Waals surface area contributed by atoms with Crippen molar-refractivity contribution < 1.29 is 18.0 Å². The normalized spacial score (nSPS) is 14.5. The maximum atomic E-state index is 14.1. The molecule has 1 aliphatic carbocycles. The number of rotatable bonds is 11. The minimum absolute atomic E-state index is 0.0695. The number of hydrogen-bond acceptors (Lipinski definition) is 4. The highest BCUT2D eigenvalue weighted by Crippen LogP contribution is 2.28. The Balaban J connectivity index is 1.71. The topological polar surface area (TPSA) is 86.8 Å². The Morgan fingerprint density at radius 2 is 1.46 bits per heavy atom. The second kappa shape index (κ2) is 13.1. The van der Waals surface area contributed by atoms with E-state index < -0.39 is 28.5 Å². The van der Waals surface area contributed by atoms with E-state index in [0.29, 0.717) is 6.42 Å². The van der Waals surface area contributed by atoms with Gasteiger partial charge < -0.3 is 10.2 Å². The first kappa shape index (κ1) is 28.6. The van der Waals surface area contributed by atoms with E-state index in [4.69, 9.17) is 11.6 Å². The van der Waals surface area contributed by atoms with Gasteiger partial charge in [-0.2, -0.15) is 0 Å². The van der Waals surface area contributed by atoms with Gasteiger partial charge in [0.2, 0.25) is 21.8 Å². The number of para-hydroxylation sites is 1. The number of benzene rings is 3. The number of anilines is 1. The summed E-state index contributed by atoms with van der Waals surface area (Å²) in [7, 11) is -3.86. The molecular formula is C30H34ClN3O4S. The van der Waals surface area contributed by atoms with Crippen molar-refractivity contribution in [3.8, 4) is 0 Å². The highest BCUT2D eigenvalue weighted by Gasteiger charge is 2.34.